The van der Waals surface area contributed by atoms with Gasteiger partial charge in [0.1, 0.15) is 28.4 Å². The van der Waals surface area contributed by atoms with Gasteiger partial charge in [-0.3, -0.25) is 18.3 Å². The Balaban J connectivity index is 0.000000176. The Morgan fingerprint density at radius 2 is 0.829 bits per heavy atom. The van der Waals surface area contributed by atoms with Gasteiger partial charge < -0.3 is 37.0 Å². The minimum absolute atomic E-state index is 0. The number of fused-ring (bicyclic) bond motifs is 4. The Bertz CT molecular complexity index is 5550. The molecule has 105 heavy (non-hydrogen) atoms. The van der Waals surface area contributed by atoms with Crippen LogP contribution in [0.1, 0.15) is 38.5 Å². The summed E-state index contributed by atoms with van der Waals surface area (Å²) in [6.45, 7) is 9.98. The molecule has 0 bridgehead atoms. The van der Waals surface area contributed by atoms with Crippen molar-refractivity contribution in [3.63, 3.8) is 0 Å². The number of nitrogens with one attached hydrogen (secondary N) is 4. The normalized spacial score (nSPS) is 12.7. The van der Waals surface area contributed by atoms with Gasteiger partial charge in [0.2, 0.25) is 11.1 Å². The number of nitrogens with zero attached hydrogens (tertiary/aromatic N) is 15. The molecular weight excluding hydrogens is 1710 g/mol. The third-order valence-corrected chi connectivity index (χ3v) is 18.8. The van der Waals surface area contributed by atoms with E-state index in [-0.39, 0.29) is 102 Å². The number of H-pyrrole nitrogens is 4. The number of benzene rings is 4. The van der Waals surface area contributed by atoms with Crippen LogP contribution >= 0.6 is 59.1 Å². The van der Waals surface area contributed by atoms with Gasteiger partial charge in [0.25, 0.3) is 0 Å². The molecule has 4 N–H and O–H groups in total. The molecule has 546 valence electrons. The van der Waals surface area contributed by atoms with Crippen LogP contribution in [-0.4, -0.2) is 138 Å². The Morgan fingerprint density at radius 1 is 0.505 bits per heavy atom. The summed E-state index contributed by atoms with van der Waals surface area (Å²) in [5.74, 6) is -0.672. The second-order valence-electron chi connectivity index (χ2n) is 23.6. The molecule has 0 radical (unpaired) electrons. The Morgan fingerprint density at radius 3 is 1.19 bits per heavy atom. The summed E-state index contributed by atoms with van der Waals surface area (Å²) in [6.07, 6.45) is 17.8. The summed E-state index contributed by atoms with van der Waals surface area (Å²) in [6, 6.07) is 26.8. The van der Waals surface area contributed by atoms with Crippen LogP contribution in [0, 0.1) is 51.5 Å². The van der Waals surface area contributed by atoms with Crippen molar-refractivity contribution in [3.05, 3.63) is 193 Å². The van der Waals surface area contributed by atoms with Crippen LogP contribution < -0.4 is 4.90 Å². The smallest absolute Gasteiger partial charge is 0.226 e. The molecule has 0 saturated carbocycles. The molecule has 1 fully saturated rings. The molecule has 31 heteroatoms. The Hall–Kier alpha value is -8.97. The number of halogens is 6. The minimum Gasteiger partial charge on any atom is -0.377 e. The van der Waals surface area contributed by atoms with Crippen LogP contribution in [0.2, 0.25) is 5.15 Å². The van der Waals surface area contributed by atoms with Crippen LogP contribution in [0.25, 0.3) is 123 Å². The van der Waals surface area contributed by atoms with Gasteiger partial charge in [0.15, 0.2) is 10.3 Å². The van der Waals surface area contributed by atoms with E-state index in [0.717, 1.165) is 94.4 Å². The van der Waals surface area contributed by atoms with Gasteiger partial charge in [-0.2, -0.15) is 15.3 Å². The molecule has 0 spiro atoms. The summed E-state index contributed by atoms with van der Waals surface area (Å²) in [5, 5.41) is 18.2. The quantitative estimate of drug-likeness (QED) is 0.0235. The van der Waals surface area contributed by atoms with Gasteiger partial charge in [0.05, 0.1) is 106 Å². The third-order valence-electron chi connectivity index (χ3n) is 16.8. The van der Waals surface area contributed by atoms with Crippen molar-refractivity contribution in [1.82, 2.24) is 89.1 Å². The molecule has 2 atom stereocenters. The van der Waals surface area contributed by atoms with E-state index in [1.54, 1.807) is 46.3 Å². The fraction of sp³-hybridized carbons (Fsp3) is 0.216. The van der Waals surface area contributed by atoms with Crippen molar-refractivity contribution < 1.29 is 47.6 Å². The number of anilines is 1. The number of hydrogen-bond acceptors (Lipinski definition) is 16. The van der Waals surface area contributed by atoms with Crippen LogP contribution in [0.3, 0.4) is 0 Å². The van der Waals surface area contributed by atoms with Crippen LogP contribution in [-0.2, 0) is 57.7 Å². The zero-order chi connectivity index (χ0) is 70.2. The maximum atomic E-state index is 14.4. The predicted octanol–water partition coefficient (Wildman–Crippen LogP) is 17.6. The predicted molar refractivity (Wildman–Crippen MR) is 422 cm³/mol. The van der Waals surface area contributed by atoms with Crippen molar-refractivity contribution >= 4 is 119 Å². The monoisotopic (exact) mass is 1780 g/mol. The molecule has 11 aromatic heterocycles. The summed E-state index contributed by atoms with van der Waals surface area (Å²) in [4.78, 5) is 50.6. The largest absolute Gasteiger partial charge is 0.377 e. The molecule has 0 amide bonds. The maximum Gasteiger partial charge on any atom is 0.226 e. The topological polar surface area (TPSA) is 249 Å². The molecule has 1 unspecified atom stereocenters. The first-order valence-electron chi connectivity index (χ1n) is 31.2. The first-order chi connectivity index (χ1) is 48.2. The van der Waals surface area contributed by atoms with E-state index in [4.69, 9.17) is 26.3 Å². The van der Waals surface area contributed by atoms with Crippen molar-refractivity contribution in [2.75, 3.05) is 43.4 Å². The van der Waals surface area contributed by atoms with Crippen molar-refractivity contribution in [2.24, 2.45) is 21.1 Å². The van der Waals surface area contributed by atoms with Gasteiger partial charge in [0, 0.05) is 152 Å². The van der Waals surface area contributed by atoms with Crippen molar-refractivity contribution in [3.8, 4) is 79.2 Å². The van der Waals surface area contributed by atoms with Gasteiger partial charge >= 0.3 is 0 Å². The third kappa shape index (κ3) is 17.5. The summed E-state index contributed by atoms with van der Waals surface area (Å²) in [7, 11) is 4.22. The second kappa shape index (κ2) is 35.0. The van der Waals surface area contributed by atoms with E-state index in [1.165, 1.54) is 78.3 Å². The maximum absolute atomic E-state index is 14.4. The average molecular weight is 1780 g/mol. The van der Waals surface area contributed by atoms with E-state index in [9.17, 15) is 21.8 Å². The SMILES string of the molecule is C.C.CSc1nc(-c2cc(F)cc3[nH]ccc23)cc(-c2c(C)cnn2C)n1.CSc1nc(Cl)cc(-c2cc(F)cc3[nH]ccc23)n1.Cc1cnn(C)c1-c1cc(-c2cc(F)cc3[nH]ccc23)nc(N2CCOC[C@H]2C)n1.Cc1cnn(C)c1-c1cc(-c2cc(F)cc3[nH]ccc23)nc(S(C)=O)n1.I.[CH3-].[W]. The number of ether oxygens (including phenoxy) is 1. The van der Waals surface area contributed by atoms with Gasteiger partial charge in [-0.05, 0) is 148 Å². The average Bonchev–Trinajstić information content (AvgIpc) is 1.77. The molecule has 1 aliphatic heterocycles. The van der Waals surface area contributed by atoms with Gasteiger partial charge in [-0.1, -0.05) is 50.0 Å². The zero-order valence-electron chi connectivity index (χ0n) is 57.4. The molecule has 15 aromatic rings. The second-order valence-corrected chi connectivity index (χ2v) is 26.8. The van der Waals surface area contributed by atoms with Crippen LogP contribution in [0.4, 0.5) is 23.5 Å². The Labute approximate surface area is 651 Å². The first-order valence-corrected chi connectivity index (χ1v) is 35.6. The molecular formula is C74H76ClF4IN19O2S3W-. The van der Waals surface area contributed by atoms with Gasteiger partial charge in [-0.15, -0.1) is 24.0 Å². The number of morpholine rings is 1. The number of thioether (sulfide) groups is 2. The van der Waals surface area contributed by atoms with E-state index in [1.807, 2.05) is 114 Å². The first kappa shape index (κ1) is 81.7. The fourth-order valence-corrected chi connectivity index (χ4v) is 13.6. The van der Waals surface area contributed by atoms with Crippen molar-refractivity contribution in [2.45, 2.75) is 64.1 Å². The summed E-state index contributed by atoms with van der Waals surface area (Å²) in [5.41, 5.74) is 16.0. The summed E-state index contributed by atoms with van der Waals surface area (Å²) < 4.78 is 79.1. The summed E-state index contributed by atoms with van der Waals surface area (Å²) >= 11 is 8.83. The van der Waals surface area contributed by atoms with E-state index >= 15 is 0 Å². The molecule has 1 saturated heterocycles. The number of hydrogen-bond donors (Lipinski definition) is 4. The number of rotatable bonds is 11. The fourth-order valence-electron chi connectivity index (χ4n) is 12.2. The number of aromatic nitrogens is 18. The van der Waals surface area contributed by atoms with E-state index in [0.29, 0.717) is 86.3 Å². The van der Waals surface area contributed by atoms with Gasteiger partial charge in [-0.25, -0.2) is 57.4 Å². The molecule has 16 rings (SSSR count). The van der Waals surface area contributed by atoms with E-state index in [2.05, 4.69) is 77.0 Å². The van der Waals surface area contributed by atoms with Crippen LogP contribution in [0.5, 0.6) is 0 Å². The molecule has 0 aliphatic carbocycles. The molecule has 1 aliphatic rings. The minimum atomic E-state index is -1.38. The molecule has 4 aromatic carbocycles. The van der Waals surface area contributed by atoms with E-state index < -0.39 is 10.8 Å². The number of aryl methyl sites for hydroxylation is 6. The van der Waals surface area contributed by atoms with Crippen LogP contribution in [0.15, 0.2) is 156 Å². The molecule has 12 heterocycles. The standard InChI is InChI=1S/C22H23FN6O.C18H16FN5OS.C18H16FN5S.C13H9ClFN3S.2CH4.CH3.HI.W/c1-13-11-25-28(3)21(13)20-10-19(17-8-15(23)9-18-16(17)4-5-24-18)26-22(27-20)29-6-7-30-12-14(29)2;1-10-9-21-24(2)17(10)16-8-15(22-18(23-16)26(3)25)13-6-11(19)7-14-12(13)4-5-20-14;1-10-9-21-24(2)17(10)16-8-15(22-18(23-16)25-3)13-6-11(19)7-14-12(13)4-5-20-14;1-19-13-17-11(6-12(14)18-13)9-4-7(15)5-10-8(9)2-3-16-10;;;;;/h4-5,8-11,14,24H,6-7,12H2,1-3H3;4-9,20H,1-3H3;4-9,20H,1-3H3;2-6,16H,1H3;2*1H4;1H3;1H;/q;;;;;;-1;;/t14-;;;;;;;;/m1......../s1. The number of aromatic amines is 4. The Kier molecular flexibility index (Phi) is 27.2. The zero-order valence-corrected chi connectivity index (χ0v) is 65.9. The molecule has 21 nitrogen and oxygen atoms in total. The van der Waals surface area contributed by atoms with Crippen molar-refractivity contribution in [1.29, 1.82) is 0 Å².